The Balaban J connectivity index is 2.33. The lowest BCUT2D eigenvalue weighted by Gasteiger charge is -2.15. The molecule has 1 amide bonds. The molecule has 0 saturated carbocycles. The lowest BCUT2D eigenvalue weighted by atomic mass is 10.4. The number of primary sulfonamides is 1. The molecular weight excluding hydrogens is 268 g/mol. The molecule has 0 bridgehead atoms. The topological polar surface area (TPSA) is 93.4 Å². The van der Waals surface area contributed by atoms with Crippen molar-refractivity contribution in [1.82, 2.24) is 4.98 Å². The van der Waals surface area contributed by atoms with Gasteiger partial charge in [0.15, 0.2) is 11.6 Å². The average molecular weight is 277 g/mol. The molecule has 98 valence electrons. The van der Waals surface area contributed by atoms with Gasteiger partial charge in [-0.15, -0.1) is 0 Å². The maximum atomic E-state index is 13.4. The van der Waals surface area contributed by atoms with Gasteiger partial charge in [0.2, 0.25) is 15.9 Å². The molecule has 18 heavy (non-hydrogen) atoms. The van der Waals surface area contributed by atoms with Gasteiger partial charge in [-0.1, -0.05) is 0 Å². The van der Waals surface area contributed by atoms with Gasteiger partial charge >= 0.3 is 0 Å². The molecule has 0 aliphatic carbocycles. The highest BCUT2D eigenvalue weighted by molar-refractivity contribution is 7.89. The molecule has 2 rings (SSSR count). The fourth-order valence-corrected chi connectivity index (χ4v) is 2.44. The van der Waals surface area contributed by atoms with Crippen LogP contribution in [0.25, 0.3) is 0 Å². The van der Waals surface area contributed by atoms with Crippen LogP contribution in [0.1, 0.15) is 6.42 Å². The predicted molar refractivity (Wildman–Crippen MR) is 58.0 cm³/mol. The molecule has 1 aromatic heterocycles. The summed E-state index contributed by atoms with van der Waals surface area (Å²) >= 11 is 0. The highest BCUT2D eigenvalue weighted by Crippen LogP contribution is 2.24. The molecule has 2 heterocycles. The summed E-state index contributed by atoms with van der Waals surface area (Å²) in [6.45, 7) is -0.285. The molecule has 0 radical (unpaired) electrons. The van der Waals surface area contributed by atoms with Gasteiger partial charge in [0.1, 0.15) is 11.1 Å². The van der Waals surface area contributed by atoms with Crippen molar-refractivity contribution in [3.63, 3.8) is 0 Å². The van der Waals surface area contributed by atoms with Crippen LogP contribution in [0.15, 0.2) is 12.3 Å². The van der Waals surface area contributed by atoms with Crippen LogP contribution < -0.4 is 10.0 Å². The minimum absolute atomic E-state index is 0.285. The summed E-state index contributed by atoms with van der Waals surface area (Å²) in [5.41, 5.74) is 0. The Labute approximate surface area is 101 Å². The Hall–Kier alpha value is -1.61. The number of halogens is 2. The van der Waals surface area contributed by atoms with E-state index >= 15 is 0 Å². The number of hydrogen-bond donors (Lipinski definition) is 1. The van der Waals surface area contributed by atoms with Crippen LogP contribution in [0, 0.1) is 11.6 Å². The number of sulfonamides is 1. The quantitative estimate of drug-likeness (QED) is 0.807. The highest BCUT2D eigenvalue weighted by Gasteiger charge is 2.38. The maximum Gasteiger partial charge on any atom is 0.229 e. The second-order valence-electron chi connectivity index (χ2n) is 3.88. The first-order valence-electron chi connectivity index (χ1n) is 4.92. The molecule has 1 aliphatic rings. The highest BCUT2D eigenvalue weighted by atomic mass is 32.2. The van der Waals surface area contributed by atoms with Gasteiger partial charge in [0.25, 0.3) is 0 Å². The van der Waals surface area contributed by atoms with Crippen LogP contribution in [0.5, 0.6) is 0 Å². The van der Waals surface area contributed by atoms with E-state index in [-0.39, 0.29) is 13.0 Å². The van der Waals surface area contributed by atoms with Crippen molar-refractivity contribution in [3.8, 4) is 0 Å². The number of amides is 1. The summed E-state index contributed by atoms with van der Waals surface area (Å²) in [5.74, 6) is -2.93. The monoisotopic (exact) mass is 277 g/mol. The molecule has 1 aliphatic heterocycles. The Morgan fingerprint density at radius 2 is 2.11 bits per heavy atom. The smallest absolute Gasteiger partial charge is 0.229 e. The summed E-state index contributed by atoms with van der Waals surface area (Å²) in [6, 6.07) is 0.569. The van der Waals surface area contributed by atoms with E-state index in [1.54, 1.807) is 0 Å². The van der Waals surface area contributed by atoms with Crippen molar-refractivity contribution in [3.05, 3.63) is 23.9 Å². The molecule has 1 aromatic rings. The van der Waals surface area contributed by atoms with Crippen LogP contribution in [-0.4, -0.2) is 31.1 Å². The molecule has 2 N–H and O–H groups in total. The minimum atomic E-state index is -3.88. The second kappa shape index (κ2) is 4.25. The number of carbonyl (C=O) groups is 1. The molecule has 0 aromatic carbocycles. The summed E-state index contributed by atoms with van der Waals surface area (Å²) in [5, 5.41) is 3.82. The van der Waals surface area contributed by atoms with Crippen LogP contribution >= 0.6 is 0 Å². The van der Waals surface area contributed by atoms with E-state index in [9.17, 15) is 22.0 Å². The van der Waals surface area contributed by atoms with Gasteiger partial charge < -0.3 is 0 Å². The van der Waals surface area contributed by atoms with Crippen molar-refractivity contribution in [1.29, 1.82) is 0 Å². The number of aromatic nitrogens is 1. The lowest BCUT2D eigenvalue weighted by Crippen LogP contribution is -2.32. The summed E-state index contributed by atoms with van der Waals surface area (Å²) < 4.78 is 48.3. The van der Waals surface area contributed by atoms with E-state index in [0.29, 0.717) is 6.07 Å². The number of carbonyl (C=O) groups excluding carboxylic acids is 1. The zero-order valence-electron chi connectivity index (χ0n) is 9.01. The van der Waals surface area contributed by atoms with Crippen LogP contribution in [0.4, 0.5) is 14.6 Å². The van der Waals surface area contributed by atoms with Crippen molar-refractivity contribution < 1.29 is 22.0 Å². The zero-order valence-corrected chi connectivity index (χ0v) is 9.82. The predicted octanol–water partition coefficient (Wildman–Crippen LogP) is -0.246. The molecule has 1 saturated heterocycles. The summed E-state index contributed by atoms with van der Waals surface area (Å²) in [4.78, 5) is 15.9. The first-order valence-corrected chi connectivity index (χ1v) is 6.53. The number of nitrogens with zero attached hydrogens (tertiary/aromatic N) is 2. The van der Waals surface area contributed by atoms with Gasteiger partial charge in [0, 0.05) is 19.0 Å². The van der Waals surface area contributed by atoms with Gasteiger partial charge in [0.05, 0.1) is 6.20 Å². The first-order chi connectivity index (χ1) is 8.29. The van der Waals surface area contributed by atoms with E-state index in [0.717, 1.165) is 11.1 Å². The van der Waals surface area contributed by atoms with Gasteiger partial charge in [-0.05, 0) is 0 Å². The molecule has 1 unspecified atom stereocenters. The zero-order chi connectivity index (χ0) is 13.5. The summed E-state index contributed by atoms with van der Waals surface area (Å²) in [6.07, 6.45) is 0.410. The largest absolute Gasteiger partial charge is 0.293 e. The van der Waals surface area contributed by atoms with Crippen LogP contribution in [-0.2, 0) is 14.8 Å². The van der Waals surface area contributed by atoms with Gasteiger partial charge in [-0.25, -0.2) is 27.3 Å². The molecule has 0 spiro atoms. The molecule has 1 fully saturated rings. The number of hydrogen-bond acceptors (Lipinski definition) is 4. The van der Waals surface area contributed by atoms with Crippen molar-refractivity contribution >= 4 is 21.7 Å². The fourth-order valence-electron chi connectivity index (χ4n) is 1.71. The number of anilines is 1. The van der Waals surface area contributed by atoms with Crippen molar-refractivity contribution in [2.45, 2.75) is 11.7 Å². The minimum Gasteiger partial charge on any atom is -0.293 e. The van der Waals surface area contributed by atoms with E-state index < -0.39 is 38.6 Å². The third kappa shape index (κ3) is 2.31. The Morgan fingerprint density at radius 3 is 2.61 bits per heavy atom. The fraction of sp³-hybridized carbons (Fsp3) is 0.333. The SMILES string of the molecule is NS(=O)(=O)C1CC(=O)N(c2ncc(F)cc2F)C1. The standard InChI is InChI=1S/C9H9F2N3O3S/c10-5-1-7(11)9(13-3-5)14-4-6(2-8(14)15)18(12,16)17/h1,3,6H,2,4H2,(H2,12,16,17). The molecule has 6 nitrogen and oxygen atoms in total. The Kier molecular flexibility index (Phi) is 3.03. The molecular formula is C9H9F2N3O3S. The van der Waals surface area contributed by atoms with Gasteiger partial charge in [-0.2, -0.15) is 0 Å². The Bertz CT molecular complexity index is 605. The number of rotatable bonds is 2. The first kappa shape index (κ1) is 12.8. The normalized spacial score (nSPS) is 20.5. The van der Waals surface area contributed by atoms with E-state index in [1.165, 1.54) is 0 Å². The number of pyridine rings is 1. The van der Waals surface area contributed by atoms with Crippen LogP contribution in [0.3, 0.4) is 0 Å². The van der Waals surface area contributed by atoms with E-state index in [1.807, 2.05) is 0 Å². The average Bonchev–Trinajstić information content (AvgIpc) is 2.60. The van der Waals surface area contributed by atoms with E-state index in [4.69, 9.17) is 5.14 Å². The molecule has 1 atom stereocenters. The second-order valence-corrected chi connectivity index (χ2v) is 5.72. The third-order valence-electron chi connectivity index (χ3n) is 2.60. The van der Waals surface area contributed by atoms with Crippen molar-refractivity contribution in [2.24, 2.45) is 5.14 Å². The Morgan fingerprint density at radius 1 is 1.44 bits per heavy atom. The third-order valence-corrected chi connectivity index (χ3v) is 3.84. The van der Waals surface area contributed by atoms with Crippen molar-refractivity contribution in [2.75, 3.05) is 11.4 Å². The summed E-state index contributed by atoms with van der Waals surface area (Å²) in [7, 11) is -3.88. The number of nitrogens with two attached hydrogens (primary N) is 1. The van der Waals surface area contributed by atoms with Crippen LogP contribution in [0.2, 0.25) is 0 Å². The lowest BCUT2D eigenvalue weighted by molar-refractivity contribution is -0.117. The van der Waals surface area contributed by atoms with E-state index in [2.05, 4.69) is 4.98 Å². The van der Waals surface area contributed by atoms with Gasteiger partial charge in [-0.3, -0.25) is 9.69 Å². The molecule has 9 heteroatoms. The maximum absolute atomic E-state index is 13.4.